The zero-order valence-electron chi connectivity index (χ0n) is 13.2. The van der Waals surface area contributed by atoms with E-state index in [2.05, 4.69) is 20.9 Å². The second kappa shape index (κ2) is 5.95. The quantitative estimate of drug-likeness (QED) is 0.569. The van der Waals surface area contributed by atoms with E-state index in [1.54, 1.807) is 19.1 Å². The van der Waals surface area contributed by atoms with Crippen LogP contribution in [0.4, 0.5) is 0 Å². The van der Waals surface area contributed by atoms with Crippen molar-refractivity contribution < 1.29 is 14.3 Å². The van der Waals surface area contributed by atoms with E-state index in [1.165, 1.54) is 0 Å². The Morgan fingerprint density at radius 3 is 2.96 bits per heavy atom. The standard InChI is InChI=1S/C17H17BrClNO3/c1-4-22-16(21)10-5-6-13-12(7-10)15-11(9(2)20-13)8-14(23-15)17(3,18)19/h5-7,14H,4,8H2,1-3H3/t14-,17-/m1/s1. The molecule has 0 radical (unpaired) electrons. The molecule has 4 nitrogen and oxygen atoms in total. The minimum atomic E-state index is -0.663. The highest BCUT2D eigenvalue weighted by molar-refractivity contribution is 9.10. The molecular weight excluding hydrogens is 382 g/mol. The third-order valence-electron chi connectivity index (χ3n) is 3.97. The highest BCUT2D eigenvalue weighted by Gasteiger charge is 2.38. The lowest BCUT2D eigenvalue weighted by Gasteiger charge is -2.21. The number of esters is 1. The van der Waals surface area contributed by atoms with E-state index in [-0.39, 0.29) is 12.1 Å². The Bertz CT molecular complexity index is 785. The molecule has 0 amide bonds. The summed E-state index contributed by atoms with van der Waals surface area (Å²) in [6.45, 7) is 5.95. The lowest BCUT2D eigenvalue weighted by molar-refractivity contribution is 0.0526. The molecule has 0 saturated carbocycles. The van der Waals surface area contributed by atoms with Crippen LogP contribution in [-0.2, 0) is 11.2 Å². The highest BCUT2D eigenvalue weighted by atomic mass is 79.9. The average Bonchev–Trinajstić information content (AvgIpc) is 2.93. The van der Waals surface area contributed by atoms with Crippen molar-refractivity contribution in [3.63, 3.8) is 0 Å². The van der Waals surface area contributed by atoms with Crippen LogP contribution in [0, 0.1) is 6.92 Å². The SMILES string of the molecule is CCOC(=O)c1ccc2nc(C)c3c(c2c1)O[C@@H]([C@@](C)(Cl)Br)C3. The average molecular weight is 399 g/mol. The van der Waals surface area contributed by atoms with Gasteiger partial charge in [0.15, 0.2) is 0 Å². The van der Waals surface area contributed by atoms with Crippen LogP contribution in [0.3, 0.4) is 0 Å². The summed E-state index contributed by atoms with van der Waals surface area (Å²) in [6, 6.07) is 5.32. The fourth-order valence-corrected chi connectivity index (χ4v) is 3.14. The number of aryl methyl sites for hydroxylation is 1. The second-order valence-electron chi connectivity index (χ2n) is 5.72. The smallest absolute Gasteiger partial charge is 0.338 e. The molecule has 2 aromatic rings. The van der Waals surface area contributed by atoms with Gasteiger partial charge in [-0.3, -0.25) is 4.98 Å². The largest absolute Gasteiger partial charge is 0.486 e. The number of pyridine rings is 1. The lowest BCUT2D eigenvalue weighted by Crippen LogP contribution is -2.31. The molecule has 0 bridgehead atoms. The Hall–Kier alpha value is -1.33. The number of carbonyl (C=O) groups is 1. The number of rotatable bonds is 3. The summed E-state index contributed by atoms with van der Waals surface area (Å²) in [6.07, 6.45) is 0.482. The first-order chi connectivity index (χ1) is 10.8. The van der Waals surface area contributed by atoms with Gasteiger partial charge in [0.1, 0.15) is 15.6 Å². The number of benzene rings is 1. The number of ether oxygens (including phenoxy) is 2. The molecule has 6 heteroatoms. The number of halogens is 2. The van der Waals surface area contributed by atoms with Gasteiger partial charge in [0.25, 0.3) is 0 Å². The van der Waals surface area contributed by atoms with Crippen LogP contribution in [0.15, 0.2) is 18.2 Å². The van der Waals surface area contributed by atoms with Crippen molar-refractivity contribution in [2.75, 3.05) is 6.61 Å². The zero-order chi connectivity index (χ0) is 16.8. The van der Waals surface area contributed by atoms with Gasteiger partial charge < -0.3 is 9.47 Å². The van der Waals surface area contributed by atoms with Crippen LogP contribution in [0.25, 0.3) is 10.9 Å². The maximum absolute atomic E-state index is 12.0. The monoisotopic (exact) mass is 397 g/mol. The molecule has 122 valence electrons. The van der Waals surface area contributed by atoms with E-state index in [0.717, 1.165) is 27.9 Å². The van der Waals surface area contributed by atoms with Crippen molar-refractivity contribution in [1.82, 2.24) is 4.98 Å². The molecule has 0 spiro atoms. The Labute approximate surface area is 148 Å². The van der Waals surface area contributed by atoms with E-state index in [4.69, 9.17) is 21.1 Å². The van der Waals surface area contributed by atoms with E-state index < -0.39 is 3.78 Å². The number of alkyl halides is 2. The molecule has 0 saturated heterocycles. The van der Waals surface area contributed by atoms with Crippen LogP contribution in [-0.4, -0.2) is 27.4 Å². The van der Waals surface area contributed by atoms with Crippen LogP contribution in [0.2, 0.25) is 0 Å². The molecule has 1 aliphatic rings. The summed E-state index contributed by atoms with van der Waals surface area (Å²) in [5, 5.41) is 0.812. The van der Waals surface area contributed by atoms with Gasteiger partial charge in [-0.05, 0) is 39.0 Å². The summed E-state index contributed by atoms with van der Waals surface area (Å²) >= 11 is 9.81. The van der Waals surface area contributed by atoms with E-state index in [0.29, 0.717) is 18.6 Å². The lowest BCUT2D eigenvalue weighted by atomic mass is 10.0. The third-order valence-corrected chi connectivity index (χ3v) is 4.72. The molecule has 0 fully saturated rings. The van der Waals surface area contributed by atoms with Crippen molar-refractivity contribution in [2.45, 2.75) is 37.1 Å². The molecule has 0 N–H and O–H groups in total. The molecule has 0 aliphatic carbocycles. The van der Waals surface area contributed by atoms with Gasteiger partial charge in [-0.2, -0.15) is 0 Å². The van der Waals surface area contributed by atoms with Crippen molar-refractivity contribution in [2.24, 2.45) is 0 Å². The third kappa shape index (κ3) is 3.04. The molecule has 0 unspecified atom stereocenters. The number of carbonyl (C=O) groups excluding carboxylic acids is 1. The zero-order valence-corrected chi connectivity index (χ0v) is 15.5. The maximum Gasteiger partial charge on any atom is 0.338 e. The first kappa shape index (κ1) is 16.5. The number of aromatic nitrogens is 1. The molecular formula is C17H17BrClNO3. The highest BCUT2D eigenvalue weighted by Crippen LogP contribution is 2.43. The van der Waals surface area contributed by atoms with Gasteiger partial charge in [-0.15, -0.1) is 11.6 Å². The van der Waals surface area contributed by atoms with Gasteiger partial charge >= 0.3 is 5.97 Å². The molecule has 2 heterocycles. The number of hydrogen-bond acceptors (Lipinski definition) is 4. The Morgan fingerprint density at radius 2 is 2.30 bits per heavy atom. The van der Waals surface area contributed by atoms with Crippen molar-refractivity contribution >= 4 is 44.4 Å². The van der Waals surface area contributed by atoms with Crippen LogP contribution in [0.5, 0.6) is 5.75 Å². The summed E-state index contributed by atoms with van der Waals surface area (Å²) in [5.74, 6) is 0.413. The molecule has 1 aromatic heterocycles. The van der Waals surface area contributed by atoms with Crippen LogP contribution < -0.4 is 4.74 Å². The Balaban J connectivity index is 2.11. The first-order valence-corrected chi connectivity index (χ1v) is 8.63. The van der Waals surface area contributed by atoms with Crippen molar-refractivity contribution in [3.05, 3.63) is 35.0 Å². The van der Waals surface area contributed by atoms with Crippen LogP contribution in [0.1, 0.15) is 35.5 Å². The van der Waals surface area contributed by atoms with Gasteiger partial charge in [-0.25, -0.2) is 4.79 Å². The van der Waals surface area contributed by atoms with Gasteiger partial charge in [0.05, 0.1) is 17.7 Å². The summed E-state index contributed by atoms with van der Waals surface area (Å²) < 4.78 is 10.5. The summed E-state index contributed by atoms with van der Waals surface area (Å²) in [7, 11) is 0. The van der Waals surface area contributed by atoms with Crippen molar-refractivity contribution in [1.29, 1.82) is 0 Å². The Morgan fingerprint density at radius 1 is 1.57 bits per heavy atom. The second-order valence-corrected chi connectivity index (χ2v) is 8.61. The van der Waals surface area contributed by atoms with Gasteiger partial charge in [0.2, 0.25) is 0 Å². The number of fused-ring (bicyclic) bond motifs is 3. The fraction of sp³-hybridized carbons (Fsp3) is 0.412. The maximum atomic E-state index is 12.0. The van der Waals surface area contributed by atoms with Gasteiger partial charge in [-0.1, -0.05) is 15.9 Å². The summed E-state index contributed by atoms with van der Waals surface area (Å²) in [5.41, 5.74) is 3.25. The van der Waals surface area contributed by atoms with Crippen LogP contribution >= 0.6 is 27.5 Å². The van der Waals surface area contributed by atoms with Gasteiger partial charge in [0, 0.05) is 23.1 Å². The minimum Gasteiger partial charge on any atom is -0.486 e. The molecule has 3 rings (SSSR count). The predicted octanol–water partition coefficient (Wildman–Crippen LogP) is 4.37. The predicted molar refractivity (Wildman–Crippen MR) is 93.7 cm³/mol. The number of nitrogens with zero attached hydrogens (tertiary/aromatic N) is 1. The minimum absolute atomic E-state index is 0.198. The normalized spacial score (nSPS) is 19.1. The van der Waals surface area contributed by atoms with E-state index in [1.807, 2.05) is 19.9 Å². The number of hydrogen-bond donors (Lipinski definition) is 0. The first-order valence-electron chi connectivity index (χ1n) is 7.46. The topological polar surface area (TPSA) is 48.4 Å². The molecule has 1 aliphatic heterocycles. The van der Waals surface area contributed by atoms with E-state index >= 15 is 0 Å². The Kier molecular flexibility index (Phi) is 4.27. The fourth-order valence-electron chi connectivity index (χ4n) is 2.76. The van der Waals surface area contributed by atoms with E-state index in [9.17, 15) is 4.79 Å². The molecule has 23 heavy (non-hydrogen) atoms. The molecule has 1 aromatic carbocycles. The summed E-state index contributed by atoms with van der Waals surface area (Å²) in [4.78, 5) is 16.6. The van der Waals surface area contributed by atoms with Crippen molar-refractivity contribution in [3.8, 4) is 5.75 Å². The molecule has 2 atom stereocenters.